The molecule has 1 aromatic carbocycles. The Morgan fingerprint density at radius 3 is 2.62 bits per heavy atom. The Hall–Kier alpha value is -1.40. The van der Waals surface area contributed by atoms with Crippen LogP contribution in [0.25, 0.3) is 0 Å². The summed E-state index contributed by atoms with van der Waals surface area (Å²) >= 11 is 3.34. The molecule has 0 spiro atoms. The lowest BCUT2D eigenvalue weighted by atomic mass is 10.4. The predicted molar refractivity (Wildman–Crippen MR) is 83.5 cm³/mol. The largest absolute Gasteiger partial charge is 0.455 e. The van der Waals surface area contributed by atoms with Crippen molar-refractivity contribution in [3.63, 3.8) is 0 Å². The Kier molecular flexibility index (Phi) is 4.26. The molecule has 3 rings (SSSR count). The highest BCUT2D eigenvalue weighted by Crippen LogP contribution is 2.21. The van der Waals surface area contributed by atoms with Gasteiger partial charge in [-0.25, -0.2) is 0 Å². The van der Waals surface area contributed by atoms with Crippen LogP contribution in [0.1, 0.15) is 29.2 Å². The van der Waals surface area contributed by atoms with Crippen molar-refractivity contribution < 1.29 is 13.4 Å². The van der Waals surface area contributed by atoms with Crippen LogP contribution < -0.4 is 5.32 Å². The summed E-state index contributed by atoms with van der Waals surface area (Å²) in [4.78, 5) is 12.6. The molecule has 1 saturated carbocycles. The van der Waals surface area contributed by atoms with Gasteiger partial charge in [-0.15, -0.1) is 0 Å². The summed E-state index contributed by atoms with van der Waals surface area (Å²) in [6.07, 6.45) is 2.07. The minimum absolute atomic E-state index is 0.196. The van der Waals surface area contributed by atoms with Gasteiger partial charge in [0.15, 0.2) is 5.76 Å². The summed E-state index contributed by atoms with van der Waals surface area (Å²) in [6.45, 7) is 0. The Bertz CT molecular complexity index is 676. The third-order valence-electron chi connectivity index (χ3n) is 3.15. The third kappa shape index (κ3) is 3.83. The normalized spacial score (nSPS) is 15.7. The van der Waals surface area contributed by atoms with Crippen LogP contribution in [-0.4, -0.2) is 16.2 Å². The van der Waals surface area contributed by atoms with Crippen molar-refractivity contribution in [2.75, 3.05) is 0 Å². The van der Waals surface area contributed by atoms with E-state index in [1.54, 1.807) is 12.1 Å². The van der Waals surface area contributed by atoms with Gasteiger partial charge >= 0.3 is 0 Å². The average molecular weight is 368 g/mol. The van der Waals surface area contributed by atoms with E-state index in [2.05, 4.69) is 21.2 Å². The SMILES string of the molecule is O=C(NC1CC1)c1ccc(C[S@@](=O)c2ccc(Br)cc2)o1. The highest BCUT2D eigenvalue weighted by molar-refractivity contribution is 9.10. The summed E-state index contributed by atoms with van der Waals surface area (Å²) in [5.41, 5.74) is 0. The van der Waals surface area contributed by atoms with E-state index in [1.165, 1.54) is 0 Å². The fourth-order valence-corrected chi connectivity index (χ4v) is 3.14. The molecule has 0 radical (unpaired) electrons. The zero-order valence-corrected chi connectivity index (χ0v) is 13.6. The van der Waals surface area contributed by atoms with Crippen LogP contribution in [0.2, 0.25) is 0 Å². The Morgan fingerprint density at radius 1 is 1.24 bits per heavy atom. The minimum atomic E-state index is -1.19. The van der Waals surface area contributed by atoms with E-state index in [0.717, 1.165) is 22.2 Å². The van der Waals surface area contributed by atoms with Crippen LogP contribution in [0, 0.1) is 0 Å². The molecule has 0 saturated heterocycles. The number of furan rings is 1. The van der Waals surface area contributed by atoms with Gasteiger partial charge in [-0.05, 0) is 49.2 Å². The third-order valence-corrected chi connectivity index (χ3v) is 5.02. The van der Waals surface area contributed by atoms with Gasteiger partial charge in [0.05, 0.1) is 16.6 Å². The first-order valence-corrected chi connectivity index (χ1v) is 8.76. The lowest BCUT2D eigenvalue weighted by Crippen LogP contribution is -2.24. The van der Waals surface area contributed by atoms with Crippen molar-refractivity contribution in [1.29, 1.82) is 0 Å². The van der Waals surface area contributed by atoms with E-state index in [1.807, 2.05) is 24.3 Å². The number of hydrogen-bond acceptors (Lipinski definition) is 3. The zero-order valence-electron chi connectivity index (χ0n) is 11.2. The van der Waals surface area contributed by atoms with E-state index < -0.39 is 10.8 Å². The maximum atomic E-state index is 12.2. The van der Waals surface area contributed by atoms with E-state index in [9.17, 15) is 9.00 Å². The van der Waals surface area contributed by atoms with Gasteiger partial charge in [-0.3, -0.25) is 9.00 Å². The molecule has 1 aliphatic rings. The molecule has 0 unspecified atom stereocenters. The van der Waals surface area contributed by atoms with Crippen LogP contribution in [-0.2, 0) is 16.6 Å². The van der Waals surface area contributed by atoms with Gasteiger partial charge in [-0.2, -0.15) is 0 Å². The average Bonchev–Trinajstić information content (AvgIpc) is 3.15. The first-order valence-electron chi connectivity index (χ1n) is 6.65. The second kappa shape index (κ2) is 6.15. The molecule has 0 aliphatic heterocycles. The number of carbonyl (C=O) groups excluding carboxylic acids is 1. The van der Waals surface area contributed by atoms with E-state index in [0.29, 0.717) is 11.8 Å². The molecule has 110 valence electrons. The molecule has 1 N–H and O–H groups in total. The van der Waals surface area contributed by atoms with Crippen LogP contribution in [0.5, 0.6) is 0 Å². The highest BCUT2D eigenvalue weighted by Gasteiger charge is 2.25. The number of halogens is 1. The van der Waals surface area contributed by atoms with Gasteiger partial charge in [0.2, 0.25) is 0 Å². The molecule has 1 aliphatic carbocycles. The Balaban J connectivity index is 1.64. The van der Waals surface area contributed by atoms with Gasteiger partial charge < -0.3 is 9.73 Å². The van der Waals surface area contributed by atoms with Crippen molar-refractivity contribution in [3.8, 4) is 0 Å². The quantitative estimate of drug-likeness (QED) is 0.882. The smallest absolute Gasteiger partial charge is 0.287 e. The number of amides is 1. The van der Waals surface area contributed by atoms with Gasteiger partial charge in [-0.1, -0.05) is 15.9 Å². The number of carbonyl (C=O) groups is 1. The molecule has 6 heteroatoms. The van der Waals surface area contributed by atoms with Crippen LogP contribution in [0.4, 0.5) is 0 Å². The molecule has 1 atom stereocenters. The summed E-state index contributed by atoms with van der Waals surface area (Å²) < 4.78 is 18.6. The molecule has 4 nitrogen and oxygen atoms in total. The van der Waals surface area contributed by atoms with Crippen molar-refractivity contribution >= 4 is 32.6 Å². The van der Waals surface area contributed by atoms with Crippen molar-refractivity contribution in [1.82, 2.24) is 5.32 Å². The standard InChI is InChI=1S/C15H14BrNO3S/c16-10-1-6-13(7-2-10)21(19)9-12-5-8-14(20-12)15(18)17-11-3-4-11/h1-2,5-8,11H,3-4,9H2,(H,17,18)/t21-/m1/s1. The topological polar surface area (TPSA) is 59.3 Å². The zero-order chi connectivity index (χ0) is 14.8. The molecular weight excluding hydrogens is 354 g/mol. The molecule has 1 heterocycles. The van der Waals surface area contributed by atoms with Crippen LogP contribution >= 0.6 is 15.9 Å². The number of benzene rings is 1. The maximum absolute atomic E-state index is 12.2. The summed E-state index contributed by atoms with van der Waals surface area (Å²) in [5.74, 6) is 0.901. The first-order chi connectivity index (χ1) is 10.1. The summed E-state index contributed by atoms with van der Waals surface area (Å²) in [5, 5.41) is 2.86. The molecule has 1 fully saturated rings. The molecule has 1 aromatic heterocycles. The fourth-order valence-electron chi connectivity index (χ4n) is 1.86. The molecule has 0 bridgehead atoms. The molecule has 1 amide bonds. The predicted octanol–water partition coefficient (Wildman–Crippen LogP) is 3.24. The molecule has 2 aromatic rings. The fraction of sp³-hybridized carbons (Fsp3) is 0.267. The van der Waals surface area contributed by atoms with Crippen molar-refractivity contribution in [2.45, 2.75) is 29.5 Å². The maximum Gasteiger partial charge on any atom is 0.287 e. The van der Waals surface area contributed by atoms with Crippen molar-refractivity contribution in [3.05, 3.63) is 52.4 Å². The monoisotopic (exact) mass is 367 g/mol. The Morgan fingerprint density at radius 2 is 1.95 bits per heavy atom. The molecule has 21 heavy (non-hydrogen) atoms. The van der Waals surface area contributed by atoms with Crippen LogP contribution in [0.15, 0.2) is 50.2 Å². The summed E-state index contributed by atoms with van der Waals surface area (Å²) in [6, 6.07) is 11.0. The second-order valence-corrected chi connectivity index (χ2v) is 7.32. The summed E-state index contributed by atoms with van der Waals surface area (Å²) in [7, 11) is -1.19. The lowest BCUT2D eigenvalue weighted by molar-refractivity contribution is 0.0922. The van der Waals surface area contributed by atoms with Crippen LogP contribution in [0.3, 0.4) is 0 Å². The number of rotatable bonds is 5. The van der Waals surface area contributed by atoms with E-state index >= 15 is 0 Å². The van der Waals surface area contributed by atoms with Gasteiger partial charge in [0.1, 0.15) is 5.76 Å². The van der Waals surface area contributed by atoms with E-state index in [-0.39, 0.29) is 17.4 Å². The van der Waals surface area contributed by atoms with Gasteiger partial charge in [0, 0.05) is 15.4 Å². The van der Waals surface area contributed by atoms with E-state index in [4.69, 9.17) is 4.42 Å². The Labute approximate surface area is 133 Å². The minimum Gasteiger partial charge on any atom is -0.455 e. The van der Waals surface area contributed by atoms with Gasteiger partial charge in [0.25, 0.3) is 5.91 Å². The second-order valence-electron chi connectivity index (χ2n) is 4.96. The number of hydrogen-bond donors (Lipinski definition) is 1. The lowest BCUT2D eigenvalue weighted by Gasteiger charge is -2.01. The highest BCUT2D eigenvalue weighted by atomic mass is 79.9. The first kappa shape index (κ1) is 14.5. The van der Waals surface area contributed by atoms with Crippen molar-refractivity contribution in [2.24, 2.45) is 0 Å². The number of nitrogens with one attached hydrogen (secondary N) is 1. The molecular formula is C15H14BrNO3S.